The Bertz CT molecular complexity index is 1600. The average molecular weight is 612 g/mol. The molecular weight excluding hydrogens is 586 g/mol. The predicted molar refractivity (Wildman–Crippen MR) is 148 cm³/mol. The molecule has 3 aliphatic heterocycles. The van der Waals surface area contributed by atoms with E-state index in [1.54, 1.807) is 29.2 Å². The molecule has 1 aromatic carbocycles. The van der Waals surface area contributed by atoms with E-state index >= 15 is 0 Å². The zero-order chi connectivity index (χ0) is 27.3. The standard InChI is InChI=1S/C23H26ClN7O5S3/c1-29-7-6-18-19(13-29)37-22(26-18)23(32)31-9-8-30(12-16(31)3-5-20-27-36-38(33)28-20)39(34,35)21-11-14-10-15(24)2-4-17(14)25-21/h2,4,10-11,16,25H,3,5-9,12-13H2,1H3,(H,27,28). The minimum Gasteiger partial charge on any atom is -0.345 e. The summed E-state index contributed by atoms with van der Waals surface area (Å²) < 4.78 is 48.8. The predicted octanol–water partition coefficient (Wildman–Crippen LogP) is 2.07. The number of sulfonamides is 1. The molecule has 3 aliphatic rings. The number of carbonyl (C=O) groups excluding carboxylic acids is 1. The number of hydrogen-bond acceptors (Lipinski definition) is 9. The third-order valence-corrected chi connectivity index (χ3v) is 10.8. The van der Waals surface area contributed by atoms with Crippen molar-refractivity contribution < 1.29 is 21.7 Å². The Kier molecular flexibility index (Phi) is 7.24. The molecule has 2 aromatic heterocycles. The highest BCUT2D eigenvalue weighted by atomic mass is 35.5. The van der Waals surface area contributed by atoms with Crippen LogP contribution in [0.2, 0.25) is 5.02 Å². The van der Waals surface area contributed by atoms with E-state index in [2.05, 4.69) is 24.7 Å². The zero-order valence-corrected chi connectivity index (χ0v) is 24.1. The first-order chi connectivity index (χ1) is 18.7. The topological polar surface area (TPSA) is 140 Å². The van der Waals surface area contributed by atoms with E-state index in [-0.39, 0.29) is 30.6 Å². The number of thiazole rings is 1. The molecule has 1 saturated heterocycles. The molecule has 2 unspecified atom stereocenters. The maximum Gasteiger partial charge on any atom is 0.309 e. The van der Waals surface area contributed by atoms with Gasteiger partial charge >= 0.3 is 11.3 Å². The Morgan fingerprint density at radius 3 is 2.92 bits per heavy atom. The van der Waals surface area contributed by atoms with Crippen LogP contribution in [-0.2, 0) is 38.5 Å². The van der Waals surface area contributed by atoms with Gasteiger partial charge in [-0.2, -0.15) is 8.59 Å². The van der Waals surface area contributed by atoms with Gasteiger partial charge in [0.05, 0.1) is 5.69 Å². The molecule has 0 spiro atoms. The van der Waals surface area contributed by atoms with Crippen molar-refractivity contribution in [1.82, 2.24) is 29.6 Å². The summed E-state index contributed by atoms with van der Waals surface area (Å²) in [6.07, 6.45) is 1.52. The number of amidine groups is 1. The van der Waals surface area contributed by atoms with Gasteiger partial charge < -0.3 is 14.8 Å². The first-order valence-corrected chi connectivity index (χ1v) is 16.0. The monoisotopic (exact) mass is 611 g/mol. The number of nitrogens with one attached hydrogen (secondary N) is 2. The van der Waals surface area contributed by atoms with E-state index < -0.39 is 27.3 Å². The number of piperazine rings is 1. The van der Waals surface area contributed by atoms with Gasteiger partial charge in [-0.1, -0.05) is 11.6 Å². The van der Waals surface area contributed by atoms with E-state index in [4.69, 9.17) is 15.9 Å². The van der Waals surface area contributed by atoms with E-state index in [1.165, 1.54) is 15.6 Å². The molecule has 6 rings (SSSR count). The van der Waals surface area contributed by atoms with Crippen LogP contribution in [-0.4, -0.2) is 87.7 Å². The van der Waals surface area contributed by atoms with Crippen LogP contribution in [0.4, 0.5) is 0 Å². The summed E-state index contributed by atoms with van der Waals surface area (Å²) >= 11 is 5.69. The van der Waals surface area contributed by atoms with Gasteiger partial charge in [-0.3, -0.25) is 4.79 Å². The lowest BCUT2D eigenvalue weighted by atomic mass is 10.1. The van der Waals surface area contributed by atoms with Crippen molar-refractivity contribution in [2.24, 2.45) is 4.40 Å². The second-order valence-corrected chi connectivity index (χ2v) is 13.9. The second kappa shape index (κ2) is 10.5. The Labute approximate surface area is 236 Å². The lowest BCUT2D eigenvalue weighted by molar-refractivity contribution is 0.0552. The lowest BCUT2D eigenvalue weighted by Gasteiger charge is -2.40. The molecule has 1 amide bonds. The number of aromatic nitrogens is 2. The number of rotatable bonds is 6. The van der Waals surface area contributed by atoms with Crippen molar-refractivity contribution in [3.8, 4) is 0 Å². The minimum atomic E-state index is -3.88. The van der Waals surface area contributed by atoms with Crippen LogP contribution in [0, 0.1) is 0 Å². The highest BCUT2D eigenvalue weighted by Crippen LogP contribution is 2.30. The van der Waals surface area contributed by atoms with E-state index in [0.717, 1.165) is 30.1 Å². The van der Waals surface area contributed by atoms with Gasteiger partial charge in [0, 0.05) is 72.4 Å². The smallest absolute Gasteiger partial charge is 0.309 e. The number of likely N-dealkylation sites (N-methyl/N-ethyl adjacent to an activating group) is 1. The molecule has 2 N–H and O–H groups in total. The van der Waals surface area contributed by atoms with Crippen molar-refractivity contribution in [2.75, 3.05) is 33.2 Å². The number of H-pyrrole nitrogens is 1. The third-order valence-electron chi connectivity index (χ3n) is 7.12. The number of benzene rings is 1. The number of hydroxylamine groups is 1. The van der Waals surface area contributed by atoms with Crippen molar-refractivity contribution >= 4 is 66.9 Å². The quantitative estimate of drug-likeness (QED) is 0.432. The van der Waals surface area contributed by atoms with Crippen LogP contribution in [0.5, 0.6) is 0 Å². The molecule has 12 nitrogen and oxygen atoms in total. The van der Waals surface area contributed by atoms with E-state index in [0.29, 0.717) is 39.6 Å². The van der Waals surface area contributed by atoms with Gasteiger partial charge in [-0.05, 0) is 37.7 Å². The molecule has 5 heterocycles. The summed E-state index contributed by atoms with van der Waals surface area (Å²) in [6, 6.07) is 6.26. The van der Waals surface area contributed by atoms with Crippen molar-refractivity contribution in [3.63, 3.8) is 0 Å². The Morgan fingerprint density at radius 2 is 2.13 bits per heavy atom. The van der Waals surface area contributed by atoms with Crippen LogP contribution >= 0.6 is 22.9 Å². The zero-order valence-electron chi connectivity index (χ0n) is 20.9. The summed E-state index contributed by atoms with van der Waals surface area (Å²) in [7, 11) is -1.84. The number of carbonyl (C=O) groups is 1. The number of fused-ring (bicyclic) bond motifs is 2. The van der Waals surface area contributed by atoms with Crippen molar-refractivity contribution in [2.45, 2.75) is 36.9 Å². The molecule has 3 aromatic rings. The summed E-state index contributed by atoms with van der Waals surface area (Å²) in [5.41, 5.74) is 4.16. The normalized spacial score (nSPS) is 22.6. The van der Waals surface area contributed by atoms with Crippen LogP contribution in [0.1, 0.15) is 33.2 Å². The molecule has 39 heavy (non-hydrogen) atoms. The summed E-state index contributed by atoms with van der Waals surface area (Å²) in [5.74, 6) is 0.182. The van der Waals surface area contributed by atoms with Crippen molar-refractivity contribution in [1.29, 1.82) is 0 Å². The largest absolute Gasteiger partial charge is 0.345 e. The minimum absolute atomic E-state index is 0.0700. The molecule has 1 fully saturated rings. The molecule has 2 atom stereocenters. The fourth-order valence-electron chi connectivity index (χ4n) is 5.06. The summed E-state index contributed by atoms with van der Waals surface area (Å²) in [5, 5.41) is 1.70. The number of hydrogen-bond donors (Lipinski definition) is 2. The lowest BCUT2D eigenvalue weighted by Crippen LogP contribution is -2.56. The van der Waals surface area contributed by atoms with Gasteiger partial charge in [-0.15, -0.1) is 15.7 Å². The number of amides is 1. The van der Waals surface area contributed by atoms with Crippen LogP contribution in [0.15, 0.2) is 33.7 Å². The highest BCUT2D eigenvalue weighted by Gasteiger charge is 2.38. The summed E-state index contributed by atoms with van der Waals surface area (Å²) in [6.45, 7) is 2.09. The van der Waals surface area contributed by atoms with Gasteiger partial charge in [0.1, 0.15) is 10.9 Å². The van der Waals surface area contributed by atoms with E-state index in [1.807, 2.05) is 7.05 Å². The number of aromatic amines is 1. The SMILES string of the molecule is CN1CCc2nc(C(=O)N3CCN(S(=O)(=O)c4cc5cc(Cl)ccc5[nH]4)CC3CCC3=NS(=O)ON3)sc2C1. The number of nitrogens with zero attached hydrogens (tertiary/aromatic N) is 5. The van der Waals surface area contributed by atoms with Crippen LogP contribution in [0.25, 0.3) is 10.9 Å². The van der Waals surface area contributed by atoms with Gasteiger partial charge in [0.25, 0.3) is 15.9 Å². The maximum absolute atomic E-state index is 13.7. The molecule has 0 bridgehead atoms. The number of halogens is 1. The Hall–Kier alpha value is -2.40. The maximum atomic E-state index is 13.7. The van der Waals surface area contributed by atoms with Crippen LogP contribution < -0.4 is 5.48 Å². The highest BCUT2D eigenvalue weighted by molar-refractivity contribution is 7.89. The van der Waals surface area contributed by atoms with Gasteiger partial charge in [0.2, 0.25) is 0 Å². The van der Waals surface area contributed by atoms with Crippen molar-refractivity contribution in [3.05, 3.63) is 44.9 Å². The fraction of sp³-hybridized carbons (Fsp3) is 0.435. The molecule has 0 aliphatic carbocycles. The Morgan fingerprint density at radius 1 is 1.28 bits per heavy atom. The molecule has 16 heteroatoms. The Balaban J connectivity index is 1.25. The van der Waals surface area contributed by atoms with Crippen LogP contribution in [0.3, 0.4) is 0 Å². The second-order valence-electron chi connectivity index (χ2n) is 9.74. The summed E-state index contributed by atoms with van der Waals surface area (Å²) in [4.78, 5) is 26.3. The molecular formula is C23H26ClN7O5S3. The fourth-order valence-corrected chi connectivity index (χ4v) is 8.38. The first kappa shape index (κ1) is 26.8. The first-order valence-electron chi connectivity index (χ1n) is 12.4. The third kappa shape index (κ3) is 5.36. The average Bonchev–Trinajstić information content (AvgIpc) is 3.64. The van der Waals surface area contributed by atoms with Gasteiger partial charge in [0.15, 0.2) is 5.01 Å². The van der Waals surface area contributed by atoms with E-state index in [9.17, 15) is 17.4 Å². The molecule has 0 radical (unpaired) electrons. The molecule has 0 saturated carbocycles. The molecule has 208 valence electrons. The van der Waals surface area contributed by atoms with Gasteiger partial charge in [-0.25, -0.2) is 23.1 Å².